The van der Waals surface area contributed by atoms with Gasteiger partial charge >= 0.3 is 5.97 Å². The van der Waals surface area contributed by atoms with E-state index in [0.717, 1.165) is 17.5 Å². The van der Waals surface area contributed by atoms with Gasteiger partial charge in [0.05, 0.1) is 23.9 Å². The number of nitrogens with two attached hydrogens (primary N) is 1. The molecule has 182 valence electrons. The molecule has 3 aromatic rings. The number of nitrogens with one attached hydrogen (secondary N) is 1. The molecule has 0 aliphatic carbocycles. The average molecular weight is 474 g/mol. The maximum absolute atomic E-state index is 12.7. The summed E-state index contributed by atoms with van der Waals surface area (Å²) in [6.07, 6.45) is 3.63. The van der Waals surface area contributed by atoms with E-state index in [-0.39, 0.29) is 17.9 Å². The Morgan fingerprint density at radius 2 is 1.89 bits per heavy atom. The van der Waals surface area contributed by atoms with Crippen molar-refractivity contribution in [3.8, 4) is 11.3 Å². The molecule has 1 aliphatic heterocycles. The zero-order valence-electron chi connectivity index (χ0n) is 19.9. The van der Waals surface area contributed by atoms with Crippen molar-refractivity contribution < 1.29 is 14.7 Å². The summed E-state index contributed by atoms with van der Waals surface area (Å²) < 4.78 is 0. The molecule has 1 unspecified atom stereocenters. The number of carbonyl (C=O) groups excluding carboxylic acids is 1. The Labute approximate surface area is 205 Å². The Bertz CT molecular complexity index is 1180. The maximum Gasteiger partial charge on any atom is 0.306 e. The topological polar surface area (TPSA) is 121 Å². The van der Waals surface area contributed by atoms with Crippen molar-refractivity contribution in [2.45, 2.75) is 38.8 Å². The number of rotatable bonds is 8. The molecule has 0 saturated carbocycles. The number of nitrogen functional groups attached to an aromatic ring is 1. The normalized spacial score (nSPS) is 15.5. The Morgan fingerprint density at radius 3 is 2.57 bits per heavy atom. The van der Waals surface area contributed by atoms with E-state index in [2.05, 4.69) is 22.1 Å². The summed E-state index contributed by atoms with van der Waals surface area (Å²) in [5.74, 6) is -0.814. The summed E-state index contributed by atoms with van der Waals surface area (Å²) >= 11 is 0. The Kier molecular flexibility index (Phi) is 7.72. The van der Waals surface area contributed by atoms with Crippen LogP contribution in [-0.4, -0.2) is 44.9 Å². The van der Waals surface area contributed by atoms with Crippen LogP contribution in [0.1, 0.15) is 53.8 Å². The van der Waals surface area contributed by atoms with Crippen molar-refractivity contribution in [2.24, 2.45) is 5.92 Å². The van der Waals surface area contributed by atoms with E-state index < -0.39 is 5.97 Å². The lowest BCUT2D eigenvalue weighted by Crippen LogP contribution is -2.39. The molecule has 8 nitrogen and oxygen atoms in total. The van der Waals surface area contributed by atoms with Crippen LogP contribution in [-0.2, 0) is 11.3 Å². The van der Waals surface area contributed by atoms with Crippen LogP contribution < -0.4 is 11.1 Å². The number of hydrogen-bond acceptors (Lipinski definition) is 6. The van der Waals surface area contributed by atoms with Gasteiger partial charge in [-0.05, 0) is 50.0 Å². The number of carboxylic acids is 1. The second kappa shape index (κ2) is 11.1. The van der Waals surface area contributed by atoms with E-state index in [1.54, 1.807) is 12.3 Å². The fourth-order valence-electron chi connectivity index (χ4n) is 4.58. The van der Waals surface area contributed by atoms with Gasteiger partial charge in [0.2, 0.25) is 0 Å². The molecule has 0 radical (unpaired) electrons. The first-order valence-corrected chi connectivity index (χ1v) is 12.0. The summed E-state index contributed by atoms with van der Waals surface area (Å²) in [5.41, 5.74) is 9.93. The second-order valence-corrected chi connectivity index (χ2v) is 8.85. The van der Waals surface area contributed by atoms with Crippen LogP contribution in [0.4, 0.5) is 5.82 Å². The Morgan fingerprint density at radius 1 is 1.14 bits per heavy atom. The standard InChI is InChI=1S/C27H31N5O3/c1-2-23(32-13-11-19(12-14-32)27(34)35)24-25(28)29-17-22(31-24)20-9-6-10-21(15-20)26(33)30-16-18-7-4-3-5-8-18/h3-10,15,17,19,23H,2,11-14,16H2,1H3,(H2,28,29)(H,30,33)(H,34,35). The van der Waals surface area contributed by atoms with Crippen LogP contribution >= 0.6 is 0 Å². The number of aromatic nitrogens is 2. The highest BCUT2D eigenvalue weighted by atomic mass is 16.4. The van der Waals surface area contributed by atoms with Crippen LogP contribution in [0.2, 0.25) is 0 Å². The van der Waals surface area contributed by atoms with Gasteiger partial charge in [0, 0.05) is 17.7 Å². The van der Waals surface area contributed by atoms with Crippen molar-refractivity contribution in [1.82, 2.24) is 20.2 Å². The van der Waals surface area contributed by atoms with Gasteiger partial charge in [-0.1, -0.05) is 49.4 Å². The number of likely N-dealkylation sites (tertiary alicyclic amines) is 1. The van der Waals surface area contributed by atoms with Crippen molar-refractivity contribution in [2.75, 3.05) is 18.8 Å². The van der Waals surface area contributed by atoms with Gasteiger partial charge < -0.3 is 16.2 Å². The minimum Gasteiger partial charge on any atom is -0.481 e. The molecule has 4 N–H and O–H groups in total. The van der Waals surface area contributed by atoms with Crippen LogP contribution in [0.15, 0.2) is 60.8 Å². The van der Waals surface area contributed by atoms with Gasteiger partial charge in [-0.15, -0.1) is 0 Å². The summed E-state index contributed by atoms with van der Waals surface area (Å²) in [6.45, 7) is 3.88. The largest absolute Gasteiger partial charge is 0.481 e. The number of benzene rings is 2. The fourth-order valence-corrected chi connectivity index (χ4v) is 4.58. The molecular formula is C27H31N5O3. The first kappa shape index (κ1) is 24.3. The number of carboxylic acid groups (broad SMARTS) is 1. The quantitative estimate of drug-likeness (QED) is 0.453. The third kappa shape index (κ3) is 5.84. The average Bonchev–Trinajstić information content (AvgIpc) is 2.89. The lowest BCUT2D eigenvalue weighted by Gasteiger charge is -2.36. The third-order valence-electron chi connectivity index (χ3n) is 6.57. The van der Waals surface area contributed by atoms with Gasteiger partial charge in [0.25, 0.3) is 5.91 Å². The Balaban J connectivity index is 1.52. The number of nitrogens with zero attached hydrogens (tertiary/aromatic N) is 3. The summed E-state index contributed by atoms with van der Waals surface area (Å²) in [5, 5.41) is 12.3. The van der Waals surface area contributed by atoms with E-state index in [4.69, 9.17) is 10.7 Å². The third-order valence-corrected chi connectivity index (χ3v) is 6.57. The number of piperidine rings is 1. The molecule has 1 atom stereocenters. The molecule has 8 heteroatoms. The molecule has 0 bridgehead atoms. The highest BCUT2D eigenvalue weighted by Gasteiger charge is 2.30. The summed E-state index contributed by atoms with van der Waals surface area (Å²) in [4.78, 5) is 35.6. The smallest absolute Gasteiger partial charge is 0.306 e. The molecular weight excluding hydrogens is 442 g/mol. The highest BCUT2D eigenvalue weighted by Crippen LogP contribution is 2.32. The minimum absolute atomic E-state index is 0.0467. The minimum atomic E-state index is -0.730. The molecule has 1 fully saturated rings. The first-order valence-electron chi connectivity index (χ1n) is 12.0. The maximum atomic E-state index is 12.7. The van der Waals surface area contributed by atoms with E-state index >= 15 is 0 Å². The van der Waals surface area contributed by atoms with Gasteiger partial charge in [-0.2, -0.15) is 0 Å². The molecule has 1 aliphatic rings. The zero-order chi connectivity index (χ0) is 24.8. The highest BCUT2D eigenvalue weighted by molar-refractivity contribution is 5.95. The van der Waals surface area contributed by atoms with Crippen molar-refractivity contribution in [3.05, 3.63) is 77.6 Å². The van der Waals surface area contributed by atoms with Gasteiger partial charge in [0.1, 0.15) is 11.5 Å². The molecule has 2 aromatic carbocycles. The summed E-state index contributed by atoms with van der Waals surface area (Å²) in [7, 11) is 0. The zero-order valence-corrected chi connectivity index (χ0v) is 19.9. The molecule has 35 heavy (non-hydrogen) atoms. The lowest BCUT2D eigenvalue weighted by atomic mass is 9.94. The molecule has 1 aromatic heterocycles. The van der Waals surface area contributed by atoms with Gasteiger partial charge in [-0.25, -0.2) is 9.97 Å². The monoisotopic (exact) mass is 473 g/mol. The number of anilines is 1. The summed E-state index contributed by atoms with van der Waals surface area (Å²) in [6, 6.07) is 17.0. The van der Waals surface area contributed by atoms with E-state index in [0.29, 0.717) is 55.2 Å². The predicted octanol–water partition coefficient (Wildman–Crippen LogP) is 3.90. The predicted molar refractivity (Wildman–Crippen MR) is 134 cm³/mol. The van der Waals surface area contributed by atoms with Crippen LogP contribution in [0.3, 0.4) is 0 Å². The SMILES string of the molecule is CCC(c1nc(-c2cccc(C(=O)NCc3ccccc3)c2)cnc1N)N1CCC(C(=O)O)CC1. The molecule has 1 saturated heterocycles. The van der Waals surface area contributed by atoms with Crippen LogP contribution in [0, 0.1) is 5.92 Å². The van der Waals surface area contributed by atoms with Gasteiger partial charge in [0.15, 0.2) is 0 Å². The molecule has 2 heterocycles. The van der Waals surface area contributed by atoms with E-state index in [9.17, 15) is 14.7 Å². The number of carbonyl (C=O) groups is 2. The lowest BCUT2D eigenvalue weighted by molar-refractivity contribution is -0.143. The molecule has 0 spiro atoms. The fraction of sp³-hybridized carbons (Fsp3) is 0.333. The second-order valence-electron chi connectivity index (χ2n) is 8.85. The number of hydrogen-bond donors (Lipinski definition) is 3. The van der Waals surface area contributed by atoms with Crippen molar-refractivity contribution in [3.63, 3.8) is 0 Å². The van der Waals surface area contributed by atoms with Crippen LogP contribution in [0.5, 0.6) is 0 Å². The molecule has 4 rings (SSSR count). The van der Waals surface area contributed by atoms with Crippen molar-refractivity contribution >= 4 is 17.7 Å². The number of amides is 1. The first-order chi connectivity index (χ1) is 17.0. The van der Waals surface area contributed by atoms with Crippen molar-refractivity contribution in [1.29, 1.82) is 0 Å². The van der Waals surface area contributed by atoms with Crippen LogP contribution in [0.25, 0.3) is 11.3 Å². The van der Waals surface area contributed by atoms with E-state index in [1.165, 1.54) is 0 Å². The molecule has 1 amide bonds. The van der Waals surface area contributed by atoms with Gasteiger partial charge in [-0.3, -0.25) is 14.5 Å². The number of aliphatic carboxylic acids is 1. The van der Waals surface area contributed by atoms with E-state index in [1.807, 2.05) is 48.5 Å². The Hall–Kier alpha value is -3.78.